The summed E-state index contributed by atoms with van der Waals surface area (Å²) in [5, 5.41) is 16.2. The summed E-state index contributed by atoms with van der Waals surface area (Å²) in [7, 11) is 0. The van der Waals surface area contributed by atoms with E-state index in [1.54, 1.807) is 36.1 Å². The molecule has 0 radical (unpaired) electrons. The average Bonchev–Trinajstić information content (AvgIpc) is 3.43. The standard InChI is InChI=1S/C28H38N6O8/c1-4-31(5-2)23(35)19-42-24-18-22(30-34(24)20-10-8-7-9-11-20)26(38)29-21(12-13-25(36)37)27(39)32-14-16-33(17-15-32)28(40)41-6-3/h7-11,18,21H,4-6,12-17,19H2,1-3H3,(H,29,38)(H,36,37)/t21-/m0/s1. The molecular formula is C28H38N6O8. The van der Waals surface area contributed by atoms with Crippen LogP contribution in [-0.4, -0.2) is 118 Å². The van der Waals surface area contributed by atoms with Gasteiger partial charge in [0.2, 0.25) is 11.8 Å². The summed E-state index contributed by atoms with van der Waals surface area (Å²) in [6.07, 6.45) is -0.954. The van der Waals surface area contributed by atoms with E-state index < -0.39 is 29.9 Å². The van der Waals surface area contributed by atoms with E-state index >= 15 is 0 Å². The second-order valence-corrected chi connectivity index (χ2v) is 9.44. The molecule has 1 aromatic carbocycles. The van der Waals surface area contributed by atoms with E-state index in [4.69, 9.17) is 9.47 Å². The van der Waals surface area contributed by atoms with Gasteiger partial charge in [-0.15, -0.1) is 0 Å². The molecule has 14 nitrogen and oxygen atoms in total. The summed E-state index contributed by atoms with van der Waals surface area (Å²) in [6, 6.07) is 9.11. The van der Waals surface area contributed by atoms with Gasteiger partial charge in [0.05, 0.1) is 12.3 Å². The number of aromatic nitrogens is 2. The Morgan fingerprint density at radius 2 is 1.64 bits per heavy atom. The van der Waals surface area contributed by atoms with Crippen LogP contribution >= 0.6 is 0 Å². The first-order valence-electron chi connectivity index (χ1n) is 14.0. The molecule has 1 aliphatic rings. The van der Waals surface area contributed by atoms with E-state index in [9.17, 15) is 29.1 Å². The van der Waals surface area contributed by atoms with Crippen LogP contribution in [0.5, 0.6) is 5.88 Å². The molecule has 1 saturated heterocycles. The van der Waals surface area contributed by atoms with Crippen LogP contribution in [0.2, 0.25) is 0 Å². The van der Waals surface area contributed by atoms with Gasteiger partial charge in [-0.05, 0) is 39.3 Å². The number of carboxylic acid groups (broad SMARTS) is 1. The maximum absolute atomic E-state index is 13.4. The Bertz CT molecular complexity index is 1240. The minimum absolute atomic E-state index is 0.0793. The van der Waals surface area contributed by atoms with Gasteiger partial charge in [-0.2, -0.15) is 5.10 Å². The van der Waals surface area contributed by atoms with Crippen molar-refractivity contribution in [3.63, 3.8) is 0 Å². The van der Waals surface area contributed by atoms with Crippen molar-refractivity contribution in [2.24, 2.45) is 0 Å². The normalized spacial score (nSPS) is 13.7. The molecule has 1 aromatic heterocycles. The van der Waals surface area contributed by atoms with Gasteiger partial charge < -0.3 is 34.6 Å². The van der Waals surface area contributed by atoms with Crippen molar-refractivity contribution in [1.29, 1.82) is 0 Å². The number of rotatable bonds is 13. The van der Waals surface area contributed by atoms with Crippen LogP contribution in [0, 0.1) is 0 Å². The molecule has 42 heavy (non-hydrogen) atoms. The van der Waals surface area contributed by atoms with Gasteiger partial charge in [-0.3, -0.25) is 19.2 Å². The lowest BCUT2D eigenvalue weighted by Gasteiger charge is -2.35. The van der Waals surface area contributed by atoms with Crippen molar-refractivity contribution in [2.45, 2.75) is 39.7 Å². The smallest absolute Gasteiger partial charge is 0.409 e. The summed E-state index contributed by atoms with van der Waals surface area (Å²) >= 11 is 0. The molecule has 3 rings (SSSR count). The molecule has 0 aliphatic carbocycles. The van der Waals surface area contributed by atoms with Gasteiger partial charge in [0, 0.05) is 51.8 Å². The van der Waals surface area contributed by atoms with Gasteiger partial charge >= 0.3 is 12.1 Å². The van der Waals surface area contributed by atoms with Crippen LogP contribution in [0.1, 0.15) is 44.1 Å². The molecule has 1 aliphatic heterocycles. The number of carbonyl (C=O) groups is 5. The van der Waals surface area contributed by atoms with Crippen molar-refractivity contribution in [2.75, 3.05) is 52.5 Å². The van der Waals surface area contributed by atoms with Crippen molar-refractivity contribution < 1.29 is 38.6 Å². The molecule has 1 fully saturated rings. The minimum atomic E-state index is -1.14. The molecule has 1 atom stereocenters. The zero-order chi connectivity index (χ0) is 30.6. The Kier molecular flexibility index (Phi) is 11.7. The summed E-state index contributed by atoms with van der Waals surface area (Å²) < 4.78 is 12.2. The van der Waals surface area contributed by atoms with Crippen molar-refractivity contribution in [3.8, 4) is 11.6 Å². The molecule has 2 heterocycles. The number of hydrogen-bond acceptors (Lipinski definition) is 8. The summed E-state index contributed by atoms with van der Waals surface area (Å²) in [5.74, 6) is -2.36. The lowest BCUT2D eigenvalue weighted by Crippen LogP contribution is -2.56. The van der Waals surface area contributed by atoms with Gasteiger partial charge in [0.25, 0.3) is 11.8 Å². The number of carbonyl (C=O) groups excluding carboxylic acids is 4. The molecule has 4 amide bonds. The number of amides is 4. The number of nitrogens with one attached hydrogen (secondary N) is 1. The van der Waals surface area contributed by atoms with E-state index in [1.807, 2.05) is 19.9 Å². The zero-order valence-electron chi connectivity index (χ0n) is 24.2. The highest BCUT2D eigenvalue weighted by Crippen LogP contribution is 2.20. The third-order valence-electron chi connectivity index (χ3n) is 6.74. The van der Waals surface area contributed by atoms with Crippen LogP contribution < -0.4 is 10.1 Å². The van der Waals surface area contributed by atoms with Gasteiger partial charge in [0.15, 0.2) is 12.3 Å². The van der Waals surface area contributed by atoms with E-state index in [0.29, 0.717) is 18.8 Å². The number of ether oxygens (including phenoxy) is 2. The highest BCUT2D eigenvalue weighted by Gasteiger charge is 2.31. The van der Waals surface area contributed by atoms with Crippen molar-refractivity contribution in [1.82, 2.24) is 29.8 Å². The van der Waals surface area contributed by atoms with Crippen molar-refractivity contribution in [3.05, 3.63) is 42.1 Å². The fourth-order valence-corrected chi connectivity index (χ4v) is 4.44. The molecule has 0 unspecified atom stereocenters. The lowest BCUT2D eigenvalue weighted by atomic mass is 10.1. The third-order valence-corrected chi connectivity index (χ3v) is 6.74. The number of para-hydroxylation sites is 1. The predicted octanol–water partition coefficient (Wildman–Crippen LogP) is 1.38. The number of hydrogen-bond donors (Lipinski definition) is 2. The Labute approximate surface area is 244 Å². The maximum atomic E-state index is 13.4. The van der Waals surface area contributed by atoms with Gasteiger partial charge in [0.1, 0.15) is 6.04 Å². The Morgan fingerprint density at radius 3 is 2.24 bits per heavy atom. The SMILES string of the molecule is CCOC(=O)N1CCN(C(=O)[C@H](CCC(=O)O)NC(=O)c2cc(OCC(=O)N(CC)CC)n(-c3ccccc3)n2)CC1. The molecule has 0 saturated carbocycles. The quantitative estimate of drug-likeness (QED) is 0.353. The first-order chi connectivity index (χ1) is 20.2. The monoisotopic (exact) mass is 586 g/mol. The molecule has 2 N–H and O–H groups in total. The van der Waals surface area contributed by atoms with Gasteiger partial charge in [-0.1, -0.05) is 18.2 Å². The number of piperazine rings is 1. The van der Waals surface area contributed by atoms with Crippen LogP contribution in [0.4, 0.5) is 4.79 Å². The van der Waals surface area contributed by atoms with E-state index in [0.717, 1.165) is 0 Å². The molecule has 14 heteroatoms. The van der Waals surface area contributed by atoms with Crippen molar-refractivity contribution >= 4 is 29.8 Å². The highest BCUT2D eigenvalue weighted by molar-refractivity contribution is 5.96. The minimum Gasteiger partial charge on any atom is -0.481 e. The molecule has 0 bridgehead atoms. The number of benzene rings is 1. The van der Waals surface area contributed by atoms with Gasteiger partial charge in [-0.25, -0.2) is 9.48 Å². The Morgan fingerprint density at radius 1 is 1.00 bits per heavy atom. The lowest BCUT2D eigenvalue weighted by molar-refractivity contribution is -0.138. The van der Waals surface area contributed by atoms with Crippen LogP contribution in [-0.2, 0) is 19.1 Å². The number of carboxylic acids is 1. The zero-order valence-corrected chi connectivity index (χ0v) is 24.2. The molecule has 0 spiro atoms. The number of aliphatic carboxylic acids is 1. The fraction of sp³-hybridized carbons (Fsp3) is 0.500. The molecule has 2 aromatic rings. The third kappa shape index (κ3) is 8.44. The Balaban J connectivity index is 1.78. The topological polar surface area (TPSA) is 164 Å². The summed E-state index contributed by atoms with van der Waals surface area (Å²) in [5.41, 5.74) is 0.504. The summed E-state index contributed by atoms with van der Waals surface area (Å²) in [4.78, 5) is 67.1. The van der Waals surface area contributed by atoms with E-state index in [2.05, 4.69) is 10.4 Å². The second-order valence-electron chi connectivity index (χ2n) is 9.44. The van der Waals surface area contributed by atoms with Crippen LogP contribution in [0.15, 0.2) is 36.4 Å². The first kappa shape index (κ1) is 31.9. The number of likely N-dealkylation sites (N-methyl/N-ethyl adjacent to an activating group) is 1. The molecular weight excluding hydrogens is 548 g/mol. The first-order valence-corrected chi connectivity index (χ1v) is 14.0. The molecule has 228 valence electrons. The Hall–Kier alpha value is -4.62. The largest absolute Gasteiger partial charge is 0.481 e. The average molecular weight is 587 g/mol. The number of nitrogens with zero attached hydrogens (tertiary/aromatic N) is 5. The van der Waals surface area contributed by atoms with Crippen LogP contribution in [0.25, 0.3) is 5.69 Å². The fourth-order valence-electron chi connectivity index (χ4n) is 4.44. The second kappa shape index (κ2) is 15.4. The van der Waals surface area contributed by atoms with E-state index in [-0.39, 0.29) is 69.7 Å². The summed E-state index contributed by atoms with van der Waals surface area (Å²) in [6.45, 7) is 7.35. The maximum Gasteiger partial charge on any atom is 0.409 e. The van der Waals surface area contributed by atoms with E-state index in [1.165, 1.54) is 20.5 Å². The highest BCUT2D eigenvalue weighted by atomic mass is 16.6. The predicted molar refractivity (Wildman–Crippen MR) is 150 cm³/mol. The van der Waals surface area contributed by atoms with Crippen LogP contribution in [0.3, 0.4) is 0 Å².